The number of allylic oxidation sites excluding steroid dienone is 3. The highest BCUT2D eigenvalue weighted by Gasteiger charge is 2.63. The monoisotopic (exact) mass is 428 g/mol. The van der Waals surface area contributed by atoms with E-state index >= 15 is 0 Å². The largest absolute Gasteiger partial charge is 0.348 e. The lowest BCUT2D eigenvalue weighted by molar-refractivity contribution is -0.216. The summed E-state index contributed by atoms with van der Waals surface area (Å²) < 4.78 is 24.8. The summed E-state index contributed by atoms with van der Waals surface area (Å²) >= 11 is 0. The Morgan fingerprint density at radius 3 is 2.42 bits per heavy atom. The molecule has 31 heavy (non-hydrogen) atoms. The molecule has 0 amide bonds. The predicted molar refractivity (Wildman–Crippen MR) is 119 cm³/mol. The van der Waals surface area contributed by atoms with Crippen molar-refractivity contribution in [3.05, 3.63) is 22.8 Å². The van der Waals surface area contributed by atoms with Gasteiger partial charge in [-0.05, 0) is 72.8 Å². The Labute approximate surface area is 187 Å². The summed E-state index contributed by atoms with van der Waals surface area (Å²) in [6.07, 6.45) is 10.8. The van der Waals surface area contributed by atoms with Crippen molar-refractivity contribution in [2.24, 2.45) is 35.0 Å². The quantitative estimate of drug-likeness (QED) is 0.571. The molecule has 2 saturated heterocycles. The van der Waals surface area contributed by atoms with Gasteiger partial charge in [-0.1, -0.05) is 38.8 Å². The van der Waals surface area contributed by atoms with E-state index in [2.05, 4.69) is 33.8 Å². The molecule has 0 N–H and O–H groups in total. The van der Waals surface area contributed by atoms with Gasteiger partial charge in [0.15, 0.2) is 11.6 Å². The van der Waals surface area contributed by atoms with Gasteiger partial charge in [0, 0.05) is 18.8 Å². The average Bonchev–Trinajstić information content (AvgIpc) is 3.46. The van der Waals surface area contributed by atoms with E-state index < -0.39 is 5.79 Å². The average molecular weight is 429 g/mol. The molecule has 1 saturated carbocycles. The Hall–Kier alpha value is -0.680. The number of fused-ring (bicyclic) bond motifs is 4. The molecule has 0 aromatic carbocycles. The highest BCUT2D eigenvalue weighted by atomic mass is 16.7. The third-order valence-electron chi connectivity index (χ3n) is 10.2. The van der Waals surface area contributed by atoms with Crippen LogP contribution in [-0.2, 0) is 18.9 Å². The van der Waals surface area contributed by atoms with Crippen LogP contribution in [0.25, 0.3) is 0 Å². The summed E-state index contributed by atoms with van der Waals surface area (Å²) in [6.45, 7) is 12.6. The predicted octanol–water partition coefficient (Wildman–Crippen LogP) is 5.63. The third-order valence-corrected chi connectivity index (χ3v) is 10.2. The zero-order chi connectivity index (χ0) is 21.4. The molecule has 4 aliphatic carbocycles. The molecular formula is C27H40O4. The number of hydrogen-bond acceptors (Lipinski definition) is 4. The number of hydrogen-bond donors (Lipinski definition) is 0. The molecule has 6 aliphatic rings. The van der Waals surface area contributed by atoms with Crippen molar-refractivity contribution in [1.82, 2.24) is 0 Å². The molecule has 4 nitrogen and oxygen atoms in total. The minimum Gasteiger partial charge on any atom is -0.348 e. The van der Waals surface area contributed by atoms with Crippen molar-refractivity contribution in [2.45, 2.75) is 84.2 Å². The lowest BCUT2D eigenvalue weighted by atomic mass is 9.55. The van der Waals surface area contributed by atoms with Crippen LogP contribution in [0.3, 0.4) is 0 Å². The maximum atomic E-state index is 6.29. The van der Waals surface area contributed by atoms with Gasteiger partial charge in [0.05, 0.1) is 26.4 Å². The van der Waals surface area contributed by atoms with E-state index in [1.165, 1.54) is 19.3 Å². The molecule has 2 aliphatic heterocycles. The normalized spacial score (nSPS) is 45.4. The van der Waals surface area contributed by atoms with E-state index in [1.54, 1.807) is 16.7 Å². The molecule has 6 rings (SSSR count). The second-order valence-corrected chi connectivity index (χ2v) is 11.6. The molecule has 0 radical (unpaired) electrons. The first-order valence-corrected chi connectivity index (χ1v) is 12.9. The maximum Gasteiger partial charge on any atom is 0.172 e. The lowest BCUT2D eigenvalue weighted by Crippen LogP contribution is -2.49. The van der Waals surface area contributed by atoms with Gasteiger partial charge in [0.25, 0.3) is 0 Å². The molecule has 1 spiro atoms. The number of ether oxygens (including phenoxy) is 4. The van der Waals surface area contributed by atoms with Crippen LogP contribution in [-0.4, -0.2) is 38.0 Å². The van der Waals surface area contributed by atoms with Crippen LogP contribution >= 0.6 is 0 Å². The zero-order valence-corrected chi connectivity index (χ0v) is 19.9. The van der Waals surface area contributed by atoms with E-state index in [9.17, 15) is 0 Å². The van der Waals surface area contributed by atoms with Gasteiger partial charge in [-0.3, -0.25) is 0 Å². The smallest absolute Gasteiger partial charge is 0.172 e. The first-order chi connectivity index (χ1) is 14.9. The van der Waals surface area contributed by atoms with E-state index in [-0.39, 0.29) is 11.2 Å². The molecule has 0 aromatic rings. The van der Waals surface area contributed by atoms with E-state index in [0.717, 1.165) is 58.0 Å². The van der Waals surface area contributed by atoms with Crippen molar-refractivity contribution in [3.63, 3.8) is 0 Å². The summed E-state index contributed by atoms with van der Waals surface area (Å²) in [4.78, 5) is 0. The summed E-state index contributed by atoms with van der Waals surface area (Å²) in [5.41, 5.74) is 5.26. The fraction of sp³-hybridized carbons (Fsp3) is 0.852. The van der Waals surface area contributed by atoms with E-state index in [4.69, 9.17) is 18.9 Å². The molecule has 3 fully saturated rings. The Morgan fingerprint density at radius 1 is 1.00 bits per heavy atom. The van der Waals surface area contributed by atoms with Gasteiger partial charge in [0.1, 0.15) is 0 Å². The SMILES string of the molecule is CC[C@@H]1C[C@H]2[C@@H]3C[C@H](C)C4=C(CCC5(C4)OCCO5)C3=CC[C@]2(C)[C@H]1C1(C)OCCO1. The van der Waals surface area contributed by atoms with Crippen LogP contribution in [0.1, 0.15) is 72.6 Å². The second kappa shape index (κ2) is 7.16. The van der Waals surface area contributed by atoms with Crippen LogP contribution in [0, 0.1) is 35.0 Å². The molecule has 0 aromatic heterocycles. The van der Waals surface area contributed by atoms with Crippen LogP contribution in [0.4, 0.5) is 0 Å². The molecular weight excluding hydrogens is 388 g/mol. The van der Waals surface area contributed by atoms with Gasteiger partial charge in [-0.15, -0.1) is 0 Å². The molecule has 2 heterocycles. The van der Waals surface area contributed by atoms with Crippen LogP contribution in [0.2, 0.25) is 0 Å². The number of rotatable bonds is 2. The van der Waals surface area contributed by atoms with E-state index in [1.807, 2.05) is 0 Å². The summed E-state index contributed by atoms with van der Waals surface area (Å²) in [7, 11) is 0. The van der Waals surface area contributed by atoms with Crippen molar-refractivity contribution in [1.29, 1.82) is 0 Å². The first kappa shape index (κ1) is 20.9. The summed E-state index contributed by atoms with van der Waals surface area (Å²) in [5.74, 6) is 2.49. The molecule has 0 unspecified atom stereocenters. The van der Waals surface area contributed by atoms with Crippen molar-refractivity contribution >= 4 is 0 Å². The van der Waals surface area contributed by atoms with Gasteiger partial charge in [-0.2, -0.15) is 0 Å². The lowest BCUT2D eigenvalue weighted by Gasteiger charge is -2.52. The molecule has 0 bridgehead atoms. The van der Waals surface area contributed by atoms with Gasteiger partial charge >= 0.3 is 0 Å². The summed E-state index contributed by atoms with van der Waals surface area (Å²) in [6, 6.07) is 0. The van der Waals surface area contributed by atoms with Crippen LogP contribution < -0.4 is 0 Å². The Kier molecular flexibility index (Phi) is 4.82. The van der Waals surface area contributed by atoms with Crippen LogP contribution in [0.5, 0.6) is 0 Å². The van der Waals surface area contributed by atoms with E-state index in [0.29, 0.717) is 23.7 Å². The molecule has 172 valence electrons. The maximum absolute atomic E-state index is 6.29. The van der Waals surface area contributed by atoms with Crippen LogP contribution in [0.15, 0.2) is 22.8 Å². The van der Waals surface area contributed by atoms with Crippen molar-refractivity contribution in [3.8, 4) is 0 Å². The second-order valence-electron chi connectivity index (χ2n) is 11.6. The summed E-state index contributed by atoms with van der Waals surface area (Å²) in [5, 5.41) is 0. The first-order valence-electron chi connectivity index (χ1n) is 12.9. The topological polar surface area (TPSA) is 36.9 Å². The van der Waals surface area contributed by atoms with Crippen molar-refractivity contribution < 1.29 is 18.9 Å². The highest BCUT2D eigenvalue weighted by molar-refractivity contribution is 5.45. The Morgan fingerprint density at radius 2 is 1.71 bits per heavy atom. The van der Waals surface area contributed by atoms with Crippen molar-refractivity contribution in [2.75, 3.05) is 26.4 Å². The Balaban J connectivity index is 1.36. The molecule has 6 atom stereocenters. The minimum atomic E-state index is -0.408. The fourth-order valence-corrected chi connectivity index (χ4v) is 8.91. The Bertz CT molecular complexity index is 800. The molecule has 4 heteroatoms. The third kappa shape index (κ3) is 2.94. The van der Waals surface area contributed by atoms with Gasteiger partial charge in [0.2, 0.25) is 0 Å². The zero-order valence-electron chi connectivity index (χ0n) is 19.9. The standard InChI is InChI=1S/C27H40O4/c1-5-18-15-23-21-14-17(2)22-16-27(30-12-13-31-27)9-7-20(22)19(21)6-8-25(23,3)24(18)26(4)28-10-11-29-26/h6,17-18,21,23-24H,5,7-16H2,1-4H3/t17-,18+,21+,23-,24-,25-/m0/s1. The highest BCUT2D eigenvalue weighted by Crippen LogP contribution is 2.67. The fourth-order valence-electron chi connectivity index (χ4n) is 8.91. The van der Waals surface area contributed by atoms with Gasteiger partial charge < -0.3 is 18.9 Å². The van der Waals surface area contributed by atoms with Gasteiger partial charge in [-0.25, -0.2) is 0 Å². The minimum absolute atomic E-state index is 0.263.